The molecule has 0 spiro atoms. The average molecular weight is 333 g/mol. The van der Waals surface area contributed by atoms with Crippen LogP contribution in [0, 0.1) is 0 Å². The summed E-state index contributed by atoms with van der Waals surface area (Å²) in [5, 5.41) is 16.3. The lowest BCUT2D eigenvalue weighted by atomic mass is 10.2. The summed E-state index contributed by atoms with van der Waals surface area (Å²) >= 11 is 11.8. The number of ether oxygens (including phenoxy) is 1. The van der Waals surface area contributed by atoms with Crippen LogP contribution in [-0.2, 0) is 4.79 Å². The Kier molecular flexibility index (Phi) is 6.11. The second kappa shape index (κ2) is 7.84. The first kappa shape index (κ1) is 16.4. The van der Waals surface area contributed by atoms with Crippen LogP contribution in [0.1, 0.15) is 12.8 Å². The number of nitrogens with one attached hydrogen (secondary N) is 2. The van der Waals surface area contributed by atoms with Gasteiger partial charge in [-0.2, -0.15) is 0 Å². The van der Waals surface area contributed by atoms with Crippen molar-refractivity contribution < 1.29 is 14.6 Å². The molecular weight excluding hydrogens is 315 g/mol. The van der Waals surface area contributed by atoms with Crippen LogP contribution < -0.4 is 15.4 Å². The van der Waals surface area contributed by atoms with E-state index in [0.29, 0.717) is 15.8 Å². The number of amides is 1. The molecule has 1 saturated heterocycles. The average Bonchev–Trinajstić information content (AvgIpc) is 3.00. The van der Waals surface area contributed by atoms with Crippen LogP contribution in [0.25, 0.3) is 0 Å². The highest BCUT2D eigenvalue weighted by molar-refractivity contribution is 6.42. The van der Waals surface area contributed by atoms with Crippen molar-refractivity contribution in [2.45, 2.75) is 25.0 Å². The summed E-state index contributed by atoms with van der Waals surface area (Å²) in [4.78, 5) is 11.8. The maximum atomic E-state index is 11.8. The summed E-state index contributed by atoms with van der Waals surface area (Å²) in [6.45, 7) is 1.02. The molecule has 5 nitrogen and oxygen atoms in total. The van der Waals surface area contributed by atoms with Gasteiger partial charge in [-0.15, -0.1) is 0 Å². The summed E-state index contributed by atoms with van der Waals surface area (Å²) in [7, 11) is 0. The molecule has 0 saturated carbocycles. The van der Waals surface area contributed by atoms with Gasteiger partial charge in [0.15, 0.2) is 0 Å². The molecule has 1 heterocycles. The number of aliphatic hydroxyl groups is 1. The number of hydrogen-bond donors (Lipinski definition) is 3. The number of benzene rings is 1. The molecule has 21 heavy (non-hydrogen) atoms. The third-order valence-electron chi connectivity index (χ3n) is 3.24. The summed E-state index contributed by atoms with van der Waals surface area (Å²) < 4.78 is 5.40. The lowest BCUT2D eigenvalue weighted by molar-refractivity contribution is -0.123. The van der Waals surface area contributed by atoms with E-state index in [1.165, 1.54) is 0 Å². The lowest BCUT2D eigenvalue weighted by Crippen LogP contribution is -2.44. The van der Waals surface area contributed by atoms with Gasteiger partial charge < -0.3 is 20.5 Å². The smallest absolute Gasteiger partial charge is 0.237 e. The van der Waals surface area contributed by atoms with Crippen molar-refractivity contribution >= 4 is 29.1 Å². The second-order valence-electron chi connectivity index (χ2n) is 4.91. The molecule has 3 N–H and O–H groups in total. The Balaban J connectivity index is 1.73. The molecule has 2 rings (SSSR count). The fraction of sp³-hybridized carbons (Fsp3) is 0.500. The minimum absolute atomic E-state index is 0.0262. The van der Waals surface area contributed by atoms with Crippen LogP contribution in [-0.4, -0.2) is 42.9 Å². The molecule has 1 aromatic carbocycles. The highest BCUT2D eigenvalue weighted by Crippen LogP contribution is 2.31. The van der Waals surface area contributed by atoms with E-state index >= 15 is 0 Å². The maximum absolute atomic E-state index is 11.8. The summed E-state index contributed by atoms with van der Waals surface area (Å²) in [5.41, 5.74) is 0. The Morgan fingerprint density at radius 3 is 3.05 bits per heavy atom. The normalized spacial score (nSPS) is 19.3. The van der Waals surface area contributed by atoms with Crippen molar-refractivity contribution in [3.63, 3.8) is 0 Å². The van der Waals surface area contributed by atoms with E-state index < -0.39 is 6.10 Å². The summed E-state index contributed by atoms with van der Waals surface area (Å²) in [6.07, 6.45) is 1.01. The monoisotopic (exact) mass is 332 g/mol. The van der Waals surface area contributed by atoms with Crippen LogP contribution in [0.15, 0.2) is 18.2 Å². The number of halogens is 2. The molecule has 0 aromatic heterocycles. The largest absolute Gasteiger partial charge is 0.489 e. The van der Waals surface area contributed by atoms with E-state index in [0.717, 1.165) is 19.4 Å². The molecule has 0 radical (unpaired) electrons. The van der Waals surface area contributed by atoms with Gasteiger partial charge in [0.05, 0.1) is 11.1 Å². The molecule has 1 aliphatic heterocycles. The topological polar surface area (TPSA) is 70.6 Å². The van der Waals surface area contributed by atoms with E-state index in [1.54, 1.807) is 18.2 Å². The number of carbonyl (C=O) groups is 1. The van der Waals surface area contributed by atoms with Gasteiger partial charge >= 0.3 is 0 Å². The molecule has 2 atom stereocenters. The van der Waals surface area contributed by atoms with Gasteiger partial charge in [0.2, 0.25) is 5.91 Å². The molecule has 1 fully saturated rings. The quantitative estimate of drug-likeness (QED) is 0.740. The summed E-state index contributed by atoms with van der Waals surface area (Å²) in [6, 6.07) is 4.88. The third kappa shape index (κ3) is 4.74. The van der Waals surface area contributed by atoms with Crippen LogP contribution in [0.2, 0.25) is 10.0 Å². The van der Waals surface area contributed by atoms with Crippen molar-refractivity contribution in [3.8, 4) is 5.75 Å². The zero-order valence-corrected chi connectivity index (χ0v) is 13.0. The SMILES string of the molecule is O=C(NC[C@@H](O)COc1cccc(Cl)c1Cl)[C@H]1CCCN1. The zero-order chi connectivity index (χ0) is 15.2. The molecule has 1 aliphatic rings. The molecule has 7 heteroatoms. The summed E-state index contributed by atoms with van der Waals surface area (Å²) in [5.74, 6) is 0.319. The number of aliphatic hydroxyl groups excluding tert-OH is 1. The van der Waals surface area contributed by atoms with E-state index in [4.69, 9.17) is 27.9 Å². The van der Waals surface area contributed by atoms with Gasteiger partial charge in [-0.05, 0) is 31.5 Å². The Labute approximate surface area is 133 Å². The van der Waals surface area contributed by atoms with Gasteiger partial charge in [0, 0.05) is 6.54 Å². The maximum Gasteiger partial charge on any atom is 0.237 e. The van der Waals surface area contributed by atoms with E-state index in [1.807, 2.05) is 0 Å². The van der Waals surface area contributed by atoms with Crippen LogP contribution in [0.4, 0.5) is 0 Å². The number of hydrogen-bond acceptors (Lipinski definition) is 4. The molecule has 0 aliphatic carbocycles. The minimum atomic E-state index is -0.814. The lowest BCUT2D eigenvalue weighted by Gasteiger charge is -2.16. The first-order chi connectivity index (χ1) is 10.1. The van der Waals surface area contributed by atoms with E-state index in [9.17, 15) is 9.90 Å². The first-order valence-corrected chi connectivity index (χ1v) is 7.59. The van der Waals surface area contributed by atoms with Crippen molar-refractivity contribution in [2.75, 3.05) is 19.7 Å². The van der Waals surface area contributed by atoms with E-state index in [-0.39, 0.29) is 25.1 Å². The van der Waals surface area contributed by atoms with Crippen LogP contribution in [0.5, 0.6) is 5.75 Å². The Morgan fingerprint density at radius 1 is 1.52 bits per heavy atom. The van der Waals surface area contributed by atoms with Crippen molar-refractivity contribution in [1.29, 1.82) is 0 Å². The molecule has 0 unspecified atom stereocenters. The predicted molar refractivity (Wildman–Crippen MR) is 82.0 cm³/mol. The first-order valence-electron chi connectivity index (χ1n) is 6.84. The zero-order valence-electron chi connectivity index (χ0n) is 11.4. The third-order valence-corrected chi connectivity index (χ3v) is 4.04. The number of rotatable bonds is 6. The standard InChI is InChI=1S/C14H18Cl2N2O3/c15-10-3-1-5-12(13(10)16)21-8-9(19)7-18-14(20)11-4-2-6-17-11/h1,3,5,9,11,17,19H,2,4,6-8H2,(H,18,20)/t9-,11-/m1/s1. The van der Waals surface area contributed by atoms with Gasteiger partial charge in [0.25, 0.3) is 0 Å². The highest BCUT2D eigenvalue weighted by atomic mass is 35.5. The minimum Gasteiger partial charge on any atom is -0.489 e. The highest BCUT2D eigenvalue weighted by Gasteiger charge is 2.22. The fourth-order valence-corrected chi connectivity index (χ4v) is 2.44. The fourth-order valence-electron chi connectivity index (χ4n) is 2.09. The van der Waals surface area contributed by atoms with Crippen LogP contribution in [0.3, 0.4) is 0 Å². The van der Waals surface area contributed by atoms with Crippen molar-refractivity contribution in [3.05, 3.63) is 28.2 Å². The molecular formula is C14H18Cl2N2O3. The molecule has 0 bridgehead atoms. The number of carbonyl (C=O) groups excluding carboxylic acids is 1. The van der Waals surface area contributed by atoms with E-state index in [2.05, 4.69) is 10.6 Å². The van der Waals surface area contributed by atoms with Crippen molar-refractivity contribution in [1.82, 2.24) is 10.6 Å². The van der Waals surface area contributed by atoms with Gasteiger partial charge in [-0.3, -0.25) is 4.79 Å². The molecule has 1 aromatic rings. The van der Waals surface area contributed by atoms with Gasteiger partial charge in [-0.1, -0.05) is 29.3 Å². The van der Waals surface area contributed by atoms with Gasteiger partial charge in [0.1, 0.15) is 23.5 Å². The molecule has 116 valence electrons. The van der Waals surface area contributed by atoms with Crippen molar-refractivity contribution in [2.24, 2.45) is 0 Å². The Morgan fingerprint density at radius 2 is 2.33 bits per heavy atom. The van der Waals surface area contributed by atoms with Gasteiger partial charge in [-0.25, -0.2) is 0 Å². The second-order valence-corrected chi connectivity index (χ2v) is 5.70. The Bertz CT molecular complexity index is 493. The predicted octanol–water partition coefficient (Wildman–Crippen LogP) is 1.60. The molecule has 1 amide bonds. The Hall–Kier alpha value is -1.01. The van der Waals surface area contributed by atoms with Crippen LogP contribution >= 0.6 is 23.2 Å².